The molecule has 0 spiro atoms. The van der Waals surface area contributed by atoms with Gasteiger partial charge in [-0.1, -0.05) is 0 Å². The van der Waals surface area contributed by atoms with Gasteiger partial charge in [0.05, 0.1) is 24.6 Å². The quantitative estimate of drug-likeness (QED) is 0.720. The Hall–Kier alpha value is -1.11. The molecule has 0 aliphatic carbocycles. The Balaban J connectivity index is 2.72. The molecule has 0 radical (unpaired) electrons. The number of hydrogen-bond acceptors (Lipinski definition) is 6. The number of nitrogen functional groups attached to an aromatic ring is 1. The van der Waals surface area contributed by atoms with Crippen LogP contribution in [0.3, 0.4) is 0 Å². The summed E-state index contributed by atoms with van der Waals surface area (Å²) in [4.78, 5) is 9.44. The third kappa shape index (κ3) is 3.48. The van der Waals surface area contributed by atoms with E-state index in [1.165, 1.54) is 13.3 Å². The van der Waals surface area contributed by atoms with Crippen molar-refractivity contribution in [3.05, 3.63) is 11.5 Å². The zero-order valence-electron chi connectivity index (χ0n) is 9.22. The first kappa shape index (κ1) is 13.0. The van der Waals surface area contributed by atoms with Crippen LogP contribution in [0, 0.1) is 0 Å². The molecule has 6 nitrogen and oxygen atoms in total. The fraction of sp³-hybridized carbons (Fsp3) is 0.556. The van der Waals surface area contributed by atoms with E-state index in [0.29, 0.717) is 18.1 Å². The van der Waals surface area contributed by atoms with Crippen LogP contribution >= 0.6 is 11.6 Å². The molecular formula is C9H15ClN4O2. The largest absolute Gasteiger partial charge is 0.394 e. The fourth-order valence-corrected chi connectivity index (χ4v) is 1.44. The number of halogens is 1. The topological polar surface area (TPSA) is 84.5 Å². The van der Waals surface area contributed by atoms with Crippen LogP contribution in [-0.4, -0.2) is 48.5 Å². The van der Waals surface area contributed by atoms with Gasteiger partial charge in [0.1, 0.15) is 0 Å². The Morgan fingerprint density at radius 1 is 1.69 bits per heavy atom. The number of anilines is 2. The molecular weight excluding hydrogens is 232 g/mol. The predicted octanol–water partition coefficient (Wildman–Crippen LogP) is 0.156. The highest BCUT2D eigenvalue weighted by Crippen LogP contribution is 2.19. The average molecular weight is 247 g/mol. The number of aliphatic hydroxyl groups excluding tert-OH is 1. The van der Waals surface area contributed by atoms with Crippen LogP contribution in [0.4, 0.5) is 11.5 Å². The van der Waals surface area contributed by atoms with Crippen molar-refractivity contribution in [2.75, 3.05) is 37.9 Å². The summed E-state index contributed by atoms with van der Waals surface area (Å²) in [6, 6.07) is 0. The molecule has 0 saturated heterocycles. The van der Waals surface area contributed by atoms with Gasteiger partial charge in [-0.25, -0.2) is 4.98 Å². The lowest BCUT2D eigenvalue weighted by Crippen LogP contribution is -2.32. The molecule has 1 aromatic rings. The third-order valence-corrected chi connectivity index (χ3v) is 2.15. The first-order chi connectivity index (χ1) is 7.54. The number of ether oxygens (including phenoxy) is 1. The van der Waals surface area contributed by atoms with Gasteiger partial charge in [0, 0.05) is 20.7 Å². The number of rotatable bonds is 5. The van der Waals surface area contributed by atoms with Gasteiger partial charge in [0.2, 0.25) is 5.28 Å². The predicted molar refractivity (Wildman–Crippen MR) is 62.6 cm³/mol. The minimum atomic E-state index is -0.608. The molecule has 0 aliphatic heterocycles. The molecule has 0 aliphatic rings. The number of likely N-dealkylation sites (N-methyl/N-ethyl adjacent to an activating group) is 1. The van der Waals surface area contributed by atoms with E-state index in [9.17, 15) is 5.11 Å². The molecule has 1 rings (SSSR count). The Morgan fingerprint density at radius 2 is 2.38 bits per heavy atom. The summed E-state index contributed by atoms with van der Waals surface area (Å²) in [6.45, 7) is 0.606. The number of nitrogens with zero attached hydrogens (tertiary/aromatic N) is 3. The number of hydrogen-bond donors (Lipinski definition) is 2. The Morgan fingerprint density at radius 3 is 3.00 bits per heavy atom. The van der Waals surface area contributed by atoms with Gasteiger partial charge in [-0.3, -0.25) is 0 Å². The summed E-state index contributed by atoms with van der Waals surface area (Å²) in [5.74, 6) is 0.496. The van der Waals surface area contributed by atoms with Gasteiger partial charge in [-0.15, -0.1) is 0 Å². The molecule has 90 valence electrons. The summed E-state index contributed by atoms with van der Waals surface area (Å²) >= 11 is 5.67. The van der Waals surface area contributed by atoms with E-state index in [4.69, 9.17) is 22.1 Å². The second-order valence-corrected chi connectivity index (χ2v) is 3.75. The van der Waals surface area contributed by atoms with Gasteiger partial charge >= 0.3 is 0 Å². The summed E-state index contributed by atoms with van der Waals surface area (Å²) in [6.07, 6.45) is 0.826. The van der Waals surface area contributed by atoms with Gasteiger partial charge in [0.15, 0.2) is 5.82 Å². The second-order valence-electron chi connectivity index (χ2n) is 3.41. The SMILES string of the molecule is COCC(O)CN(C)c1nc(Cl)ncc1N. The van der Waals surface area contributed by atoms with Gasteiger partial charge in [-0.05, 0) is 11.6 Å². The van der Waals surface area contributed by atoms with Crippen molar-refractivity contribution in [2.45, 2.75) is 6.10 Å². The Kier molecular flexibility index (Phi) is 4.72. The van der Waals surface area contributed by atoms with Crippen molar-refractivity contribution in [2.24, 2.45) is 0 Å². The van der Waals surface area contributed by atoms with Crippen LogP contribution < -0.4 is 10.6 Å². The van der Waals surface area contributed by atoms with E-state index >= 15 is 0 Å². The molecule has 0 bridgehead atoms. The molecule has 1 unspecified atom stereocenters. The first-order valence-corrected chi connectivity index (χ1v) is 5.08. The van der Waals surface area contributed by atoms with E-state index in [-0.39, 0.29) is 11.9 Å². The maximum Gasteiger partial charge on any atom is 0.224 e. The highest BCUT2D eigenvalue weighted by molar-refractivity contribution is 6.28. The van der Waals surface area contributed by atoms with Gasteiger partial charge in [0.25, 0.3) is 0 Å². The smallest absolute Gasteiger partial charge is 0.224 e. The molecule has 1 aromatic heterocycles. The van der Waals surface area contributed by atoms with E-state index in [0.717, 1.165) is 0 Å². The van der Waals surface area contributed by atoms with Gasteiger partial charge in [-0.2, -0.15) is 4.98 Å². The summed E-state index contributed by atoms with van der Waals surface area (Å²) in [5.41, 5.74) is 6.12. The standard InChI is InChI=1S/C9H15ClN4O2/c1-14(4-6(15)5-16-2)8-7(11)3-12-9(10)13-8/h3,6,15H,4-5,11H2,1-2H3. The van der Waals surface area contributed by atoms with E-state index in [2.05, 4.69) is 9.97 Å². The van der Waals surface area contributed by atoms with Crippen molar-refractivity contribution in [1.82, 2.24) is 9.97 Å². The average Bonchev–Trinajstić information content (AvgIpc) is 2.21. The molecule has 0 aromatic carbocycles. The second kappa shape index (κ2) is 5.83. The van der Waals surface area contributed by atoms with Crippen LogP contribution in [0.5, 0.6) is 0 Å². The number of nitrogens with two attached hydrogens (primary N) is 1. The normalized spacial score (nSPS) is 12.5. The minimum Gasteiger partial charge on any atom is -0.394 e. The molecule has 0 saturated carbocycles. The maximum absolute atomic E-state index is 9.56. The zero-order chi connectivity index (χ0) is 12.1. The fourth-order valence-electron chi connectivity index (χ4n) is 1.31. The van der Waals surface area contributed by atoms with Crippen LogP contribution in [-0.2, 0) is 4.74 Å². The lowest BCUT2D eigenvalue weighted by molar-refractivity contribution is 0.0694. The molecule has 3 N–H and O–H groups in total. The molecule has 0 fully saturated rings. The van der Waals surface area contributed by atoms with Crippen molar-refractivity contribution in [1.29, 1.82) is 0 Å². The van der Waals surface area contributed by atoms with Crippen LogP contribution in [0.15, 0.2) is 6.20 Å². The third-order valence-electron chi connectivity index (χ3n) is 1.97. The van der Waals surface area contributed by atoms with E-state index < -0.39 is 6.10 Å². The molecule has 0 amide bonds. The summed E-state index contributed by atoms with van der Waals surface area (Å²) < 4.78 is 4.83. The lowest BCUT2D eigenvalue weighted by Gasteiger charge is -2.22. The van der Waals surface area contributed by atoms with Crippen molar-refractivity contribution in [3.63, 3.8) is 0 Å². The highest BCUT2D eigenvalue weighted by atomic mass is 35.5. The molecule has 1 heterocycles. The van der Waals surface area contributed by atoms with E-state index in [1.54, 1.807) is 11.9 Å². The Labute approximate surface area is 99.0 Å². The van der Waals surface area contributed by atoms with Crippen molar-refractivity contribution < 1.29 is 9.84 Å². The molecule has 1 atom stereocenters. The summed E-state index contributed by atoms with van der Waals surface area (Å²) in [5, 5.41) is 9.68. The van der Waals surface area contributed by atoms with Crippen LogP contribution in [0.1, 0.15) is 0 Å². The van der Waals surface area contributed by atoms with Crippen LogP contribution in [0.25, 0.3) is 0 Å². The number of aliphatic hydroxyl groups is 1. The number of aromatic nitrogens is 2. The Bertz CT molecular complexity index is 350. The first-order valence-electron chi connectivity index (χ1n) is 4.70. The summed E-state index contributed by atoms with van der Waals surface area (Å²) in [7, 11) is 3.28. The maximum atomic E-state index is 9.56. The van der Waals surface area contributed by atoms with Crippen molar-refractivity contribution in [3.8, 4) is 0 Å². The highest BCUT2D eigenvalue weighted by Gasteiger charge is 2.13. The molecule has 7 heteroatoms. The number of methoxy groups -OCH3 is 1. The van der Waals surface area contributed by atoms with Gasteiger partial charge < -0.3 is 20.5 Å². The van der Waals surface area contributed by atoms with Crippen LogP contribution in [0.2, 0.25) is 5.28 Å². The zero-order valence-corrected chi connectivity index (χ0v) is 9.98. The van der Waals surface area contributed by atoms with Crippen molar-refractivity contribution >= 4 is 23.1 Å². The monoisotopic (exact) mass is 246 g/mol. The minimum absolute atomic E-state index is 0.122. The lowest BCUT2D eigenvalue weighted by atomic mass is 10.3. The molecule has 16 heavy (non-hydrogen) atoms. The van der Waals surface area contributed by atoms with E-state index in [1.807, 2.05) is 0 Å².